The molecule has 2 aliphatic carbocycles. The third-order valence-corrected chi connectivity index (χ3v) is 2.60. The van der Waals surface area contributed by atoms with Crippen LogP contribution in [0.1, 0.15) is 32.1 Å². The molecular weight excluding hydrogens is 156 g/mol. The summed E-state index contributed by atoms with van der Waals surface area (Å²) in [4.78, 5) is 0. The van der Waals surface area contributed by atoms with Gasteiger partial charge in [-0.15, -0.1) is 0 Å². The molecule has 0 bridgehead atoms. The van der Waals surface area contributed by atoms with Gasteiger partial charge in [0.1, 0.15) is 0 Å². The number of hydrogen-bond acceptors (Lipinski definition) is 0. The first-order chi connectivity index (χ1) is 6.45. The van der Waals surface area contributed by atoms with Crippen LogP contribution in [0.25, 0.3) is 0 Å². The molecule has 0 unspecified atom stereocenters. The maximum Gasteiger partial charge on any atom is -0.00672 e. The van der Waals surface area contributed by atoms with Gasteiger partial charge in [0.2, 0.25) is 0 Å². The van der Waals surface area contributed by atoms with E-state index in [9.17, 15) is 0 Å². The first kappa shape index (κ1) is 8.55. The molecule has 0 aliphatic heterocycles. The summed E-state index contributed by atoms with van der Waals surface area (Å²) >= 11 is 0. The number of hydrogen-bond donors (Lipinski definition) is 0. The zero-order valence-electron chi connectivity index (χ0n) is 8.00. The fourth-order valence-corrected chi connectivity index (χ4v) is 1.86. The second kappa shape index (κ2) is 4.27. The Bertz CT molecular complexity index is 287. The summed E-state index contributed by atoms with van der Waals surface area (Å²) in [5.74, 6) is 0. The molecule has 0 atom stereocenters. The minimum absolute atomic E-state index is 1.17. The van der Waals surface area contributed by atoms with E-state index < -0.39 is 0 Å². The van der Waals surface area contributed by atoms with Crippen molar-refractivity contribution in [3.05, 3.63) is 47.6 Å². The molecule has 0 heteroatoms. The Morgan fingerprint density at radius 3 is 2.77 bits per heavy atom. The Balaban J connectivity index is 1.97. The maximum atomic E-state index is 2.37. The highest BCUT2D eigenvalue weighted by Crippen LogP contribution is 2.22. The van der Waals surface area contributed by atoms with Gasteiger partial charge >= 0.3 is 0 Å². The van der Waals surface area contributed by atoms with Gasteiger partial charge in [-0.25, -0.2) is 0 Å². The van der Waals surface area contributed by atoms with Crippen LogP contribution in [0.4, 0.5) is 0 Å². The minimum Gasteiger partial charge on any atom is -0.0842 e. The molecule has 0 aromatic rings. The largest absolute Gasteiger partial charge is 0.0842 e. The molecule has 0 nitrogen and oxygen atoms in total. The average molecular weight is 172 g/mol. The van der Waals surface area contributed by atoms with E-state index in [1.807, 2.05) is 0 Å². The predicted molar refractivity (Wildman–Crippen MR) is 57.5 cm³/mol. The summed E-state index contributed by atoms with van der Waals surface area (Å²) in [6, 6.07) is 0. The Labute approximate surface area is 80.3 Å². The first-order valence-electron chi connectivity index (χ1n) is 5.15. The van der Waals surface area contributed by atoms with Crippen LogP contribution in [0.5, 0.6) is 0 Å². The minimum atomic E-state index is 1.17. The predicted octanol–water partition coefficient (Wildman–Crippen LogP) is 3.93. The van der Waals surface area contributed by atoms with Crippen molar-refractivity contribution in [2.45, 2.75) is 32.1 Å². The molecule has 0 amide bonds. The van der Waals surface area contributed by atoms with E-state index in [4.69, 9.17) is 0 Å². The van der Waals surface area contributed by atoms with Gasteiger partial charge in [-0.2, -0.15) is 0 Å². The molecule has 13 heavy (non-hydrogen) atoms. The quantitative estimate of drug-likeness (QED) is 0.592. The highest BCUT2D eigenvalue weighted by Gasteiger charge is 2.03. The fourth-order valence-electron chi connectivity index (χ4n) is 1.86. The standard InChI is InChI=1S/C13H16/c1-3-7-12(8-4-1)11-13-9-5-2-6-10-13/h1,3,5,7,9-10H,2,4,6,8,11H2. The maximum absolute atomic E-state index is 2.37. The van der Waals surface area contributed by atoms with Crippen molar-refractivity contribution in [2.24, 2.45) is 0 Å². The lowest BCUT2D eigenvalue weighted by molar-refractivity contribution is 0.898. The second-order valence-corrected chi connectivity index (χ2v) is 3.73. The number of rotatable bonds is 2. The lowest BCUT2D eigenvalue weighted by Gasteiger charge is -2.11. The van der Waals surface area contributed by atoms with E-state index in [1.165, 1.54) is 37.7 Å². The fraction of sp³-hybridized carbons (Fsp3) is 0.385. The average Bonchev–Trinajstić information content (AvgIpc) is 2.21. The van der Waals surface area contributed by atoms with Crippen LogP contribution in [0.3, 0.4) is 0 Å². The monoisotopic (exact) mass is 172 g/mol. The topological polar surface area (TPSA) is 0 Å². The summed E-state index contributed by atoms with van der Waals surface area (Å²) in [6.07, 6.45) is 19.7. The van der Waals surface area contributed by atoms with Gasteiger partial charge in [-0.1, -0.05) is 42.0 Å². The SMILES string of the molecule is C1=CCCC(CC2=CCCC=C2)=C1. The van der Waals surface area contributed by atoms with Gasteiger partial charge in [0.15, 0.2) is 0 Å². The van der Waals surface area contributed by atoms with Gasteiger partial charge in [0.25, 0.3) is 0 Å². The lowest BCUT2D eigenvalue weighted by atomic mass is 9.95. The van der Waals surface area contributed by atoms with E-state index in [0.717, 1.165) is 0 Å². The van der Waals surface area contributed by atoms with Crippen molar-refractivity contribution in [1.29, 1.82) is 0 Å². The molecule has 68 valence electrons. The van der Waals surface area contributed by atoms with E-state index in [-0.39, 0.29) is 0 Å². The van der Waals surface area contributed by atoms with Crippen molar-refractivity contribution in [1.82, 2.24) is 0 Å². The molecule has 0 fully saturated rings. The van der Waals surface area contributed by atoms with Crippen molar-refractivity contribution >= 4 is 0 Å². The Morgan fingerprint density at radius 2 is 2.08 bits per heavy atom. The van der Waals surface area contributed by atoms with Crippen molar-refractivity contribution in [2.75, 3.05) is 0 Å². The molecule has 0 saturated heterocycles. The normalized spacial score (nSPS) is 21.2. The zero-order chi connectivity index (χ0) is 8.93. The van der Waals surface area contributed by atoms with Crippen LogP contribution >= 0.6 is 0 Å². The van der Waals surface area contributed by atoms with Gasteiger partial charge in [-0.05, 0) is 37.7 Å². The summed E-state index contributed by atoms with van der Waals surface area (Å²) in [6.45, 7) is 0. The van der Waals surface area contributed by atoms with Crippen LogP contribution in [0.2, 0.25) is 0 Å². The third-order valence-electron chi connectivity index (χ3n) is 2.60. The summed E-state index contributed by atoms with van der Waals surface area (Å²) in [5.41, 5.74) is 3.09. The van der Waals surface area contributed by atoms with E-state index in [0.29, 0.717) is 0 Å². The third kappa shape index (κ3) is 2.45. The second-order valence-electron chi connectivity index (χ2n) is 3.73. The highest BCUT2D eigenvalue weighted by molar-refractivity contribution is 5.30. The molecule has 0 radical (unpaired) electrons. The summed E-state index contributed by atoms with van der Waals surface area (Å²) in [7, 11) is 0. The van der Waals surface area contributed by atoms with Crippen molar-refractivity contribution in [3.8, 4) is 0 Å². The molecule has 0 N–H and O–H groups in total. The van der Waals surface area contributed by atoms with E-state index in [2.05, 4.69) is 36.5 Å². The van der Waals surface area contributed by atoms with Crippen molar-refractivity contribution in [3.63, 3.8) is 0 Å². The van der Waals surface area contributed by atoms with Gasteiger partial charge in [0.05, 0.1) is 0 Å². The Hall–Kier alpha value is -1.04. The molecule has 0 aromatic heterocycles. The van der Waals surface area contributed by atoms with Crippen molar-refractivity contribution < 1.29 is 0 Å². The van der Waals surface area contributed by atoms with Gasteiger partial charge < -0.3 is 0 Å². The molecule has 0 aromatic carbocycles. The first-order valence-corrected chi connectivity index (χ1v) is 5.15. The number of allylic oxidation sites excluding steroid dienone is 8. The zero-order valence-corrected chi connectivity index (χ0v) is 8.00. The summed E-state index contributed by atoms with van der Waals surface area (Å²) < 4.78 is 0. The van der Waals surface area contributed by atoms with Crippen LogP contribution in [-0.2, 0) is 0 Å². The van der Waals surface area contributed by atoms with Crippen LogP contribution in [0, 0.1) is 0 Å². The van der Waals surface area contributed by atoms with Crippen LogP contribution < -0.4 is 0 Å². The van der Waals surface area contributed by atoms with E-state index in [1.54, 1.807) is 5.57 Å². The van der Waals surface area contributed by atoms with Gasteiger partial charge in [0, 0.05) is 0 Å². The Kier molecular flexibility index (Phi) is 2.81. The van der Waals surface area contributed by atoms with Crippen LogP contribution in [-0.4, -0.2) is 0 Å². The highest BCUT2D eigenvalue weighted by atomic mass is 14.1. The molecule has 0 heterocycles. The molecule has 2 rings (SSSR count). The molecule has 2 aliphatic rings. The van der Waals surface area contributed by atoms with Crippen LogP contribution in [0.15, 0.2) is 47.6 Å². The van der Waals surface area contributed by atoms with E-state index >= 15 is 0 Å². The molecule has 0 saturated carbocycles. The smallest absolute Gasteiger partial charge is 0.00672 e. The Morgan fingerprint density at radius 1 is 1.08 bits per heavy atom. The lowest BCUT2D eigenvalue weighted by Crippen LogP contribution is -1.91. The molecular formula is C13H16. The van der Waals surface area contributed by atoms with Gasteiger partial charge in [-0.3, -0.25) is 0 Å². The molecule has 0 spiro atoms. The summed E-state index contributed by atoms with van der Waals surface area (Å²) in [5, 5.41) is 0.